The minimum atomic E-state index is -4.33. The molecule has 2 N–H and O–H groups in total. The number of nitrogens with one attached hydrogen (secondary N) is 1. The zero-order valence-electron chi connectivity index (χ0n) is 19.3. The SMILES string of the molecule is CCOP(=O)(OCC)c1cc(CNC(=O)OC(C)(C)C)ccc1P(=O)(O)OC(C)CC. The van der Waals surface area contributed by atoms with E-state index in [2.05, 4.69) is 5.32 Å². The Kier molecular flexibility index (Phi) is 10.4. The molecule has 0 aliphatic rings. The fraction of sp³-hybridized carbons (Fsp3) is 0.650. The van der Waals surface area contributed by atoms with Gasteiger partial charge in [0.15, 0.2) is 0 Å². The van der Waals surface area contributed by atoms with Crippen LogP contribution in [0.4, 0.5) is 4.79 Å². The molecule has 178 valence electrons. The highest BCUT2D eigenvalue weighted by atomic mass is 31.2. The van der Waals surface area contributed by atoms with Crippen LogP contribution >= 0.6 is 15.2 Å². The summed E-state index contributed by atoms with van der Waals surface area (Å²) >= 11 is 0. The van der Waals surface area contributed by atoms with Crippen LogP contribution in [-0.4, -0.2) is 35.9 Å². The molecule has 2 atom stereocenters. The summed E-state index contributed by atoms with van der Waals surface area (Å²) in [6, 6.07) is 4.33. The first kappa shape index (κ1) is 27.8. The van der Waals surface area contributed by atoms with Gasteiger partial charge in [0.25, 0.3) is 0 Å². The summed E-state index contributed by atoms with van der Waals surface area (Å²) in [6.07, 6.45) is -0.591. The molecule has 31 heavy (non-hydrogen) atoms. The maximum atomic E-state index is 13.5. The fourth-order valence-electron chi connectivity index (χ4n) is 2.52. The first-order chi connectivity index (χ1) is 14.3. The van der Waals surface area contributed by atoms with Crippen molar-refractivity contribution in [1.29, 1.82) is 0 Å². The highest BCUT2D eigenvalue weighted by Gasteiger charge is 2.38. The summed E-state index contributed by atoms with van der Waals surface area (Å²) in [5.41, 5.74) is -0.136. The zero-order chi connectivity index (χ0) is 23.9. The normalized spacial score (nSPS) is 15.2. The summed E-state index contributed by atoms with van der Waals surface area (Å²) in [4.78, 5) is 22.6. The highest BCUT2D eigenvalue weighted by molar-refractivity contribution is 7.68. The Morgan fingerprint density at radius 1 is 1.10 bits per heavy atom. The molecule has 1 amide bonds. The Morgan fingerprint density at radius 3 is 2.16 bits per heavy atom. The topological polar surface area (TPSA) is 120 Å². The number of rotatable bonds is 11. The number of benzene rings is 1. The number of carbonyl (C=O) groups is 1. The molecule has 0 aromatic heterocycles. The summed E-state index contributed by atoms with van der Waals surface area (Å²) in [6.45, 7) is 12.2. The number of hydrogen-bond donors (Lipinski definition) is 2. The molecule has 0 saturated heterocycles. The maximum absolute atomic E-state index is 13.5. The third kappa shape index (κ3) is 8.68. The molecule has 0 spiro atoms. The summed E-state index contributed by atoms with van der Waals surface area (Å²) in [5, 5.41) is 2.39. The largest absolute Gasteiger partial charge is 0.444 e. The lowest BCUT2D eigenvalue weighted by Gasteiger charge is -2.24. The van der Waals surface area contributed by atoms with Gasteiger partial charge >= 0.3 is 21.3 Å². The van der Waals surface area contributed by atoms with Crippen LogP contribution in [0.15, 0.2) is 18.2 Å². The van der Waals surface area contributed by atoms with Crippen LogP contribution in [0.25, 0.3) is 0 Å². The van der Waals surface area contributed by atoms with Gasteiger partial charge < -0.3 is 28.5 Å². The summed E-state index contributed by atoms with van der Waals surface area (Å²) < 4.78 is 47.8. The Balaban J connectivity index is 3.38. The first-order valence-electron chi connectivity index (χ1n) is 10.3. The van der Waals surface area contributed by atoms with Crippen LogP contribution < -0.4 is 15.9 Å². The second kappa shape index (κ2) is 11.6. The molecule has 0 saturated carbocycles. The minimum Gasteiger partial charge on any atom is -0.444 e. The lowest BCUT2D eigenvalue weighted by Crippen LogP contribution is -2.33. The number of alkyl carbamates (subject to hydrolysis) is 1. The van der Waals surface area contributed by atoms with Crippen LogP contribution in [0.1, 0.15) is 60.5 Å². The van der Waals surface area contributed by atoms with E-state index in [9.17, 15) is 18.8 Å². The highest BCUT2D eigenvalue weighted by Crippen LogP contribution is 2.51. The maximum Gasteiger partial charge on any atom is 0.407 e. The van der Waals surface area contributed by atoms with E-state index in [1.54, 1.807) is 47.6 Å². The average Bonchev–Trinajstić information content (AvgIpc) is 2.64. The van der Waals surface area contributed by atoms with Gasteiger partial charge in [0.1, 0.15) is 5.60 Å². The van der Waals surface area contributed by atoms with Crippen molar-refractivity contribution in [2.75, 3.05) is 13.2 Å². The standard InChI is InChI=1S/C20H35NO8P2/c1-8-15(4)29-30(23,24)17-12-11-16(14-21-19(22)28-20(5,6)7)13-18(17)31(25,26-9-2)27-10-3/h11-13,15H,8-10,14H2,1-7H3,(H,21,22)(H,23,24). The fourth-order valence-corrected chi connectivity index (χ4v) is 6.34. The zero-order valence-corrected chi connectivity index (χ0v) is 21.1. The lowest BCUT2D eigenvalue weighted by molar-refractivity contribution is 0.0523. The number of amides is 1. The molecule has 0 radical (unpaired) electrons. The van der Waals surface area contributed by atoms with E-state index in [1.165, 1.54) is 12.1 Å². The Bertz CT molecular complexity index is 827. The van der Waals surface area contributed by atoms with Crippen molar-refractivity contribution in [2.24, 2.45) is 0 Å². The van der Waals surface area contributed by atoms with Crippen molar-refractivity contribution >= 4 is 31.9 Å². The summed E-state index contributed by atoms with van der Waals surface area (Å²) in [5.74, 6) is 0. The number of ether oxygens (including phenoxy) is 1. The third-order valence-electron chi connectivity index (χ3n) is 3.97. The Labute approximate surface area is 184 Å². The Morgan fingerprint density at radius 2 is 1.68 bits per heavy atom. The van der Waals surface area contributed by atoms with Crippen molar-refractivity contribution < 1.29 is 37.1 Å². The van der Waals surface area contributed by atoms with E-state index in [4.69, 9.17) is 18.3 Å². The number of carbonyl (C=O) groups excluding carboxylic acids is 1. The van der Waals surface area contributed by atoms with Crippen molar-refractivity contribution in [3.8, 4) is 0 Å². The molecule has 9 nitrogen and oxygen atoms in total. The van der Waals surface area contributed by atoms with E-state index in [0.717, 1.165) is 0 Å². The molecule has 0 heterocycles. The van der Waals surface area contributed by atoms with Gasteiger partial charge in [-0.3, -0.25) is 9.13 Å². The second-order valence-corrected chi connectivity index (χ2v) is 11.6. The first-order valence-corrected chi connectivity index (χ1v) is 13.4. The molecule has 0 bridgehead atoms. The molecular formula is C20H35NO8P2. The third-order valence-corrected chi connectivity index (χ3v) is 7.95. The van der Waals surface area contributed by atoms with Gasteiger partial charge in [-0.2, -0.15) is 0 Å². The molecule has 1 rings (SSSR count). The van der Waals surface area contributed by atoms with Crippen molar-refractivity contribution in [1.82, 2.24) is 5.32 Å². The van der Waals surface area contributed by atoms with Crippen molar-refractivity contribution in [3.63, 3.8) is 0 Å². The van der Waals surface area contributed by atoms with Gasteiger partial charge in [-0.05, 0) is 65.7 Å². The predicted molar refractivity (Wildman–Crippen MR) is 120 cm³/mol. The second-order valence-electron chi connectivity index (χ2n) is 7.86. The molecule has 1 aromatic carbocycles. The van der Waals surface area contributed by atoms with E-state index in [-0.39, 0.29) is 30.4 Å². The predicted octanol–water partition coefficient (Wildman–Crippen LogP) is 4.23. The molecule has 2 unspecified atom stereocenters. The van der Waals surface area contributed by atoms with E-state index < -0.39 is 33.0 Å². The smallest absolute Gasteiger partial charge is 0.407 e. The van der Waals surface area contributed by atoms with Gasteiger partial charge in [0, 0.05) is 6.54 Å². The van der Waals surface area contributed by atoms with E-state index in [1.807, 2.05) is 6.92 Å². The summed E-state index contributed by atoms with van der Waals surface area (Å²) in [7, 11) is -8.25. The monoisotopic (exact) mass is 479 g/mol. The minimum absolute atomic E-state index is 0.0440. The quantitative estimate of drug-likeness (QED) is 0.453. The van der Waals surface area contributed by atoms with Crippen molar-refractivity contribution in [3.05, 3.63) is 23.8 Å². The van der Waals surface area contributed by atoms with E-state index in [0.29, 0.717) is 12.0 Å². The van der Waals surface area contributed by atoms with E-state index >= 15 is 0 Å². The molecule has 0 fully saturated rings. The van der Waals surface area contributed by atoms with Crippen molar-refractivity contribution in [2.45, 2.75) is 73.1 Å². The molecule has 11 heteroatoms. The van der Waals surface area contributed by atoms with Gasteiger partial charge in [0.05, 0.1) is 29.9 Å². The average molecular weight is 479 g/mol. The van der Waals surface area contributed by atoms with Crippen LogP contribution in [-0.2, 0) is 34.0 Å². The van der Waals surface area contributed by atoms with Crippen LogP contribution in [0.2, 0.25) is 0 Å². The van der Waals surface area contributed by atoms with Gasteiger partial charge in [-0.15, -0.1) is 0 Å². The number of hydrogen-bond acceptors (Lipinski definition) is 7. The van der Waals surface area contributed by atoms with Gasteiger partial charge in [0.2, 0.25) is 0 Å². The molecule has 0 aliphatic heterocycles. The molecule has 0 aliphatic carbocycles. The van der Waals surface area contributed by atoms with Gasteiger partial charge in [-0.1, -0.05) is 13.0 Å². The molecular weight excluding hydrogens is 444 g/mol. The van der Waals surface area contributed by atoms with Crippen LogP contribution in [0, 0.1) is 0 Å². The van der Waals surface area contributed by atoms with Gasteiger partial charge in [-0.25, -0.2) is 4.79 Å². The van der Waals surface area contributed by atoms with Crippen LogP contribution in [0.3, 0.4) is 0 Å². The molecule has 1 aromatic rings. The van der Waals surface area contributed by atoms with Crippen LogP contribution in [0.5, 0.6) is 0 Å². The Hall–Kier alpha value is -1.21. The lowest BCUT2D eigenvalue weighted by atomic mass is 10.2.